The largest absolute Gasteiger partial charge is 0.254 e. The van der Waals surface area contributed by atoms with Crippen LogP contribution in [0.2, 0.25) is 0 Å². The van der Waals surface area contributed by atoms with E-state index in [1.54, 1.807) is 12.4 Å². The summed E-state index contributed by atoms with van der Waals surface area (Å²) >= 11 is 3.69. The number of thiol groups is 1. The van der Waals surface area contributed by atoms with Gasteiger partial charge in [-0.3, -0.25) is 4.83 Å². The van der Waals surface area contributed by atoms with Crippen molar-refractivity contribution < 1.29 is 0 Å². The van der Waals surface area contributed by atoms with E-state index in [1.165, 1.54) is 4.79 Å². The van der Waals surface area contributed by atoms with Crippen LogP contribution in [0.1, 0.15) is 0 Å². The monoisotopic (exact) mass is 116 g/mol. The van der Waals surface area contributed by atoms with Crippen molar-refractivity contribution in [3.05, 3.63) is 12.4 Å². The molecule has 5 heteroatoms. The molecule has 0 amide bonds. The van der Waals surface area contributed by atoms with Gasteiger partial charge in [0.05, 0.1) is 12.4 Å². The lowest BCUT2D eigenvalue weighted by Gasteiger charge is -1.89. The molecule has 0 aliphatic heterocycles. The fraction of sp³-hybridized carbons (Fsp3) is 0. The van der Waals surface area contributed by atoms with Crippen LogP contribution >= 0.6 is 12.8 Å². The first-order chi connectivity index (χ1) is 3.43. The Morgan fingerprint density at radius 1 is 1.71 bits per heavy atom. The second kappa shape index (κ2) is 1.83. The highest BCUT2D eigenvalue weighted by molar-refractivity contribution is 7.81. The Bertz CT molecular complexity index is 124. The standard InChI is InChI=1S/C2H4N4S/c7-5-6-2-1-3-4-6/h1-2,5,7H. The normalized spacial score (nSPS) is 8.71. The lowest BCUT2D eigenvalue weighted by Crippen LogP contribution is -2.02. The summed E-state index contributed by atoms with van der Waals surface area (Å²) in [6.45, 7) is 0. The SMILES string of the molecule is SNn1ccnn1. The third kappa shape index (κ3) is 0.833. The van der Waals surface area contributed by atoms with Crippen LogP contribution in [0.4, 0.5) is 0 Å². The number of hydrogen-bond acceptors (Lipinski definition) is 4. The molecule has 0 bridgehead atoms. The Morgan fingerprint density at radius 3 is 2.86 bits per heavy atom. The molecule has 0 spiro atoms. The van der Waals surface area contributed by atoms with Crippen LogP contribution in [-0.2, 0) is 0 Å². The Morgan fingerprint density at radius 2 is 2.57 bits per heavy atom. The summed E-state index contributed by atoms with van der Waals surface area (Å²) in [6, 6.07) is 0. The lowest BCUT2D eigenvalue weighted by molar-refractivity contribution is 0.768. The van der Waals surface area contributed by atoms with E-state index < -0.39 is 0 Å². The molecule has 0 saturated heterocycles. The molecule has 0 unspecified atom stereocenters. The first-order valence-corrected chi connectivity index (χ1v) is 2.14. The molecular formula is C2H4N4S. The fourth-order valence-electron chi connectivity index (χ4n) is 0.262. The number of rotatable bonds is 1. The Hall–Kier alpha value is -0.710. The quantitative estimate of drug-likeness (QED) is 0.493. The second-order valence-electron chi connectivity index (χ2n) is 0.948. The molecule has 0 radical (unpaired) electrons. The Kier molecular flexibility index (Phi) is 1.16. The predicted octanol–water partition coefficient (Wildman–Crippen LogP) is -0.334. The minimum atomic E-state index is 1.38. The molecule has 1 N–H and O–H groups in total. The molecule has 1 rings (SSSR count). The smallest absolute Gasteiger partial charge is 0.0715 e. The van der Waals surface area contributed by atoms with Crippen molar-refractivity contribution in [3.63, 3.8) is 0 Å². The molecule has 0 aliphatic rings. The van der Waals surface area contributed by atoms with E-state index in [-0.39, 0.29) is 0 Å². The summed E-state index contributed by atoms with van der Waals surface area (Å²) in [5, 5.41) is 7.01. The second-order valence-corrected chi connectivity index (χ2v) is 1.15. The van der Waals surface area contributed by atoms with Gasteiger partial charge in [-0.05, 0) is 5.21 Å². The lowest BCUT2D eigenvalue weighted by atomic mass is 11.0. The maximum absolute atomic E-state index is 3.69. The van der Waals surface area contributed by atoms with Crippen LogP contribution in [0.25, 0.3) is 0 Å². The van der Waals surface area contributed by atoms with Gasteiger partial charge >= 0.3 is 0 Å². The summed E-state index contributed by atoms with van der Waals surface area (Å²) < 4.78 is 0. The van der Waals surface area contributed by atoms with E-state index in [0.29, 0.717) is 0 Å². The third-order valence-corrected chi connectivity index (χ3v) is 0.730. The first-order valence-electron chi connectivity index (χ1n) is 1.70. The molecule has 38 valence electrons. The molecule has 1 heterocycles. The van der Waals surface area contributed by atoms with E-state index in [4.69, 9.17) is 0 Å². The summed E-state index contributed by atoms with van der Waals surface area (Å²) in [5.74, 6) is 0. The summed E-state index contributed by atoms with van der Waals surface area (Å²) in [5.41, 5.74) is 0. The zero-order valence-electron chi connectivity index (χ0n) is 3.44. The van der Waals surface area contributed by atoms with Gasteiger partial charge in [0.15, 0.2) is 0 Å². The minimum Gasteiger partial charge on any atom is -0.254 e. The van der Waals surface area contributed by atoms with Crippen molar-refractivity contribution in [1.82, 2.24) is 15.1 Å². The van der Waals surface area contributed by atoms with Gasteiger partial charge in [0, 0.05) is 0 Å². The maximum Gasteiger partial charge on any atom is 0.0715 e. The van der Waals surface area contributed by atoms with E-state index >= 15 is 0 Å². The molecule has 0 fully saturated rings. The van der Waals surface area contributed by atoms with Crippen LogP contribution in [0.15, 0.2) is 12.4 Å². The van der Waals surface area contributed by atoms with Gasteiger partial charge in [0.1, 0.15) is 0 Å². The molecule has 0 saturated carbocycles. The summed E-state index contributed by atoms with van der Waals surface area (Å²) in [7, 11) is 0. The molecule has 0 aromatic carbocycles. The Labute approximate surface area is 46.0 Å². The summed E-state index contributed by atoms with van der Waals surface area (Å²) in [4.78, 5) is 3.82. The Balaban J connectivity index is 2.76. The maximum atomic E-state index is 3.69. The van der Waals surface area contributed by atoms with Crippen molar-refractivity contribution in [2.24, 2.45) is 0 Å². The zero-order chi connectivity index (χ0) is 5.11. The summed E-state index contributed by atoms with van der Waals surface area (Å²) in [6.07, 6.45) is 3.20. The average molecular weight is 116 g/mol. The van der Waals surface area contributed by atoms with E-state index in [1.807, 2.05) is 0 Å². The fourth-order valence-corrected chi connectivity index (χ4v) is 0.368. The molecule has 0 atom stereocenters. The van der Waals surface area contributed by atoms with Crippen LogP contribution in [0.5, 0.6) is 0 Å². The van der Waals surface area contributed by atoms with Gasteiger partial charge in [-0.15, -0.1) is 5.10 Å². The molecule has 4 nitrogen and oxygen atoms in total. The highest BCUT2D eigenvalue weighted by atomic mass is 32.1. The van der Waals surface area contributed by atoms with Gasteiger partial charge in [0.25, 0.3) is 0 Å². The van der Waals surface area contributed by atoms with Crippen LogP contribution in [0, 0.1) is 0 Å². The van der Waals surface area contributed by atoms with Crippen molar-refractivity contribution in [2.75, 3.05) is 4.83 Å². The number of nitrogens with zero attached hydrogens (tertiary/aromatic N) is 3. The van der Waals surface area contributed by atoms with E-state index in [2.05, 4.69) is 28.0 Å². The van der Waals surface area contributed by atoms with Crippen molar-refractivity contribution in [3.8, 4) is 0 Å². The minimum absolute atomic E-state index is 1.38. The third-order valence-electron chi connectivity index (χ3n) is 0.525. The van der Waals surface area contributed by atoms with Crippen LogP contribution in [0.3, 0.4) is 0 Å². The first kappa shape index (κ1) is 4.45. The molecule has 7 heavy (non-hydrogen) atoms. The highest BCUT2D eigenvalue weighted by Gasteiger charge is 1.77. The molecule has 0 aliphatic carbocycles. The van der Waals surface area contributed by atoms with Gasteiger partial charge in [-0.25, -0.2) is 0 Å². The van der Waals surface area contributed by atoms with Gasteiger partial charge in [-0.1, -0.05) is 12.8 Å². The van der Waals surface area contributed by atoms with E-state index in [0.717, 1.165) is 0 Å². The van der Waals surface area contributed by atoms with Crippen molar-refractivity contribution in [1.29, 1.82) is 0 Å². The van der Waals surface area contributed by atoms with E-state index in [9.17, 15) is 0 Å². The molecule has 1 aromatic heterocycles. The predicted molar refractivity (Wildman–Crippen MR) is 28.4 cm³/mol. The van der Waals surface area contributed by atoms with Crippen LogP contribution in [-0.4, -0.2) is 15.1 Å². The van der Waals surface area contributed by atoms with Crippen LogP contribution < -0.4 is 4.83 Å². The topological polar surface area (TPSA) is 42.7 Å². The molecule has 1 aromatic rings. The molecular weight excluding hydrogens is 112 g/mol. The number of aromatic nitrogens is 3. The zero-order valence-corrected chi connectivity index (χ0v) is 4.34. The van der Waals surface area contributed by atoms with Crippen molar-refractivity contribution >= 4 is 12.8 Å². The van der Waals surface area contributed by atoms with Gasteiger partial charge < -0.3 is 0 Å². The number of hydrogen-bond donors (Lipinski definition) is 2. The van der Waals surface area contributed by atoms with Gasteiger partial charge in [0.2, 0.25) is 0 Å². The average Bonchev–Trinajstić information content (AvgIpc) is 2.14. The number of nitrogens with one attached hydrogen (secondary N) is 1. The van der Waals surface area contributed by atoms with Crippen molar-refractivity contribution in [2.45, 2.75) is 0 Å². The van der Waals surface area contributed by atoms with Gasteiger partial charge in [-0.2, -0.15) is 4.79 Å². The highest BCUT2D eigenvalue weighted by Crippen LogP contribution is 1.72.